The van der Waals surface area contributed by atoms with Gasteiger partial charge in [-0.25, -0.2) is 4.79 Å². The number of halogens is 1. The molecule has 2 rings (SSSR count). The van der Waals surface area contributed by atoms with Gasteiger partial charge < -0.3 is 4.74 Å². The minimum Gasteiger partial charge on any atom is -0.467 e. The molecule has 0 aliphatic rings. The van der Waals surface area contributed by atoms with Crippen LogP contribution in [0, 0.1) is 0 Å². The Morgan fingerprint density at radius 2 is 2.11 bits per heavy atom. The van der Waals surface area contributed by atoms with Gasteiger partial charge in [-0.15, -0.1) is 0 Å². The minimum atomic E-state index is -0.820. The van der Waals surface area contributed by atoms with Gasteiger partial charge in [-0.05, 0) is 31.5 Å². The van der Waals surface area contributed by atoms with Crippen LogP contribution in [0.1, 0.15) is 13.8 Å². The first kappa shape index (κ1) is 13.8. The molecule has 1 aromatic heterocycles. The number of hydrogen-bond donors (Lipinski definition) is 0. The molecular formula is C14H15BrN2O2. The van der Waals surface area contributed by atoms with Gasteiger partial charge >= 0.3 is 5.97 Å². The Morgan fingerprint density at radius 1 is 1.37 bits per heavy atom. The summed E-state index contributed by atoms with van der Waals surface area (Å²) < 4.78 is 7.42. The van der Waals surface area contributed by atoms with Gasteiger partial charge in [0.2, 0.25) is 0 Å². The van der Waals surface area contributed by atoms with Crippen LogP contribution in [0.15, 0.2) is 41.1 Å². The van der Waals surface area contributed by atoms with E-state index in [4.69, 9.17) is 4.74 Å². The van der Waals surface area contributed by atoms with Gasteiger partial charge in [0.25, 0.3) is 0 Å². The van der Waals surface area contributed by atoms with Crippen molar-refractivity contribution in [3.8, 4) is 11.1 Å². The van der Waals surface area contributed by atoms with Crippen LogP contribution in [0.4, 0.5) is 0 Å². The lowest BCUT2D eigenvalue weighted by Gasteiger charge is -2.21. The van der Waals surface area contributed by atoms with Gasteiger partial charge in [-0.1, -0.05) is 28.1 Å². The largest absolute Gasteiger partial charge is 0.467 e. The third-order valence-electron chi connectivity index (χ3n) is 3.00. The topological polar surface area (TPSA) is 44.1 Å². The molecule has 100 valence electrons. The molecule has 0 unspecified atom stereocenters. The zero-order chi connectivity index (χ0) is 14.0. The number of carbonyl (C=O) groups is 1. The van der Waals surface area contributed by atoms with E-state index in [2.05, 4.69) is 21.0 Å². The summed E-state index contributed by atoms with van der Waals surface area (Å²) in [7, 11) is 1.38. The maximum Gasteiger partial charge on any atom is 0.333 e. The van der Waals surface area contributed by atoms with Crippen LogP contribution in [-0.2, 0) is 15.1 Å². The number of esters is 1. The molecule has 2 aromatic rings. The lowest BCUT2D eigenvalue weighted by molar-refractivity contribution is -0.150. The van der Waals surface area contributed by atoms with Crippen LogP contribution < -0.4 is 0 Å². The average molecular weight is 323 g/mol. The number of hydrogen-bond acceptors (Lipinski definition) is 3. The van der Waals surface area contributed by atoms with Crippen molar-refractivity contribution in [3.05, 3.63) is 41.1 Å². The third kappa shape index (κ3) is 2.71. The fraction of sp³-hybridized carbons (Fsp3) is 0.286. The molecule has 1 aromatic carbocycles. The maximum absolute atomic E-state index is 11.7. The Hall–Kier alpha value is -1.62. The van der Waals surface area contributed by atoms with E-state index >= 15 is 0 Å². The van der Waals surface area contributed by atoms with Crippen molar-refractivity contribution in [2.45, 2.75) is 19.4 Å². The highest BCUT2D eigenvalue weighted by atomic mass is 79.9. The molecule has 0 N–H and O–H groups in total. The molecule has 0 aliphatic heterocycles. The zero-order valence-electron chi connectivity index (χ0n) is 11.1. The number of methoxy groups -OCH3 is 1. The van der Waals surface area contributed by atoms with Crippen molar-refractivity contribution in [2.24, 2.45) is 0 Å². The van der Waals surface area contributed by atoms with Crippen LogP contribution in [0.3, 0.4) is 0 Å². The summed E-state index contributed by atoms with van der Waals surface area (Å²) in [4.78, 5) is 11.7. The standard InChI is InChI=1S/C14H15BrN2O2/c1-14(2,13(18)19-3)17-9-11(8-16-17)10-5-4-6-12(15)7-10/h4-9H,1-3H3. The van der Waals surface area contributed by atoms with E-state index in [0.29, 0.717) is 0 Å². The molecular weight excluding hydrogens is 308 g/mol. The molecule has 0 fully saturated rings. The first-order valence-corrected chi connectivity index (χ1v) is 6.64. The van der Waals surface area contributed by atoms with E-state index in [1.165, 1.54) is 7.11 Å². The van der Waals surface area contributed by atoms with Crippen LogP contribution >= 0.6 is 15.9 Å². The summed E-state index contributed by atoms with van der Waals surface area (Å²) in [5.74, 6) is -0.323. The third-order valence-corrected chi connectivity index (χ3v) is 3.49. The van der Waals surface area contributed by atoms with Crippen molar-refractivity contribution in [1.29, 1.82) is 0 Å². The van der Waals surface area contributed by atoms with E-state index in [9.17, 15) is 4.79 Å². The van der Waals surface area contributed by atoms with Gasteiger partial charge in [0.1, 0.15) is 0 Å². The van der Waals surface area contributed by atoms with Crippen molar-refractivity contribution in [1.82, 2.24) is 9.78 Å². The van der Waals surface area contributed by atoms with E-state index in [-0.39, 0.29) is 5.97 Å². The number of carbonyl (C=O) groups excluding carboxylic acids is 1. The number of rotatable bonds is 3. The van der Waals surface area contributed by atoms with Gasteiger partial charge in [-0.2, -0.15) is 5.10 Å². The van der Waals surface area contributed by atoms with Crippen molar-refractivity contribution in [3.63, 3.8) is 0 Å². The summed E-state index contributed by atoms with van der Waals surface area (Å²) in [5, 5.41) is 4.26. The van der Waals surface area contributed by atoms with Gasteiger partial charge in [0.15, 0.2) is 5.54 Å². The highest BCUT2D eigenvalue weighted by Gasteiger charge is 2.31. The van der Waals surface area contributed by atoms with E-state index < -0.39 is 5.54 Å². The molecule has 4 nitrogen and oxygen atoms in total. The Bertz CT molecular complexity index is 605. The Morgan fingerprint density at radius 3 is 2.74 bits per heavy atom. The van der Waals surface area contributed by atoms with Crippen LogP contribution in [0.25, 0.3) is 11.1 Å². The normalized spacial score (nSPS) is 11.4. The van der Waals surface area contributed by atoms with Crippen LogP contribution in [-0.4, -0.2) is 22.9 Å². The molecule has 0 radical (unpaired) electrons. The summed E-state index contributed by atoms with van der Waals surface area (Å²) in [6, 6.07) is 7.93. The van der Waals surface area contributed by atoms with Gasteiger partial charge in [-0.3, -0.25) is 4.68 Å². The van der Waals surface area contributed by atoms with Gasteiger partial charge in [0, 0.05) is 16.2 Å². The maximum atomic E-state index is 11.7. The summed E-state index contributed by atoms with van der Waals surface area (Å²) in [6.45, 7) is 3.55. The smallest absolute Gasteiger partial charge is 0.333 e. The molecule has 0 saturated carbocycles. The second-order valence-corrected chi connectivity index (χ2v) is 5.65. The number of nitrogens with zero attached hydrogens (tertiary/aromatic N) is 2. The molecule has 5 heteroatoms. The highest BCUT2D eigenvalue weighted by Crippen LogP contribution is 2.25. The van der Waals surface area contributed by atoms with Crippen LogP contribution in [0.5, 0.6) is 0 Å². The Balaban J connectivity index is 2.37. The lowest BCUT2D eigenvalue weighted by Crippen LogP contribution is -2.37. The monoisotopic (exact) mass is 322 g/mol. The fourth-order valence-electron chi connectivity index (χ4n) is 1.79. The molecule has 0 spiro atoms. The number of benzene rings is 1. The number of aromatic nitrogens is 2. The van der Waals surface area contributed by atoms with E-state index in [1.807, 2.05) is 30.5 Å². The SMILES string of the molecule is COC(=O)C(C)(C)n1cc(-c2cccc(Br)c2)cn1. The van der Waals surface area contributed by atoms with Crippen molar-refractivity contribution < 1.29 is 9.53 Å². The quantitative estimate of drug-likeness (QED) is 0.815. The van der Waals surface area contributed by atoms with E-state index in [0.717, 1.165) is 15.6 Å². The van der Waals surface area contributed by atoms with Crippen molar-refractivity contribution in [2.75, 3.05) is 7.11 Å². The zero-order valence-corrected chi connectivity index (χ0v) is 12.6. The van der Waals surface area contributed by atoms with Crippen molar-refractivity contribution >= 4 is 21.9 Å². The number of ether oxygens (including phenoxy) is 1. The average Bonchev–Trinajstić information content (AvgIpc) is 2.88. The molecule has 0 aliphatic carbocycles. The molecule has 0 atom stereocenters. The second-order valence-electron chi connectivity index (χ2n) is 4.73. The molecule has 19 heavy (non-hydrogen) atoms. The Labute approximate surface area is 120 Å². The van der Waals surface area contributed by atoms with Gasteiger partial charge in [0.05, 0.1) is 13.3 Å². The highest BCUT2D eigenvalue weighted by molar-refractivity contribution is 9.10. The molecule has 0 saturated heterocycles. The van der Waals surface area contributed by atoms with Crippen LogP contribution in [0.2, 0.25) is 0 Å². The molecule has 1 heterocycles. The second kappa shape index (κ2) is 5.17. The fourth-order valence-corrected chi connectivity index (χ4v) is 2.19. The van der Waals surface area contributed by atoms with E-state index in [1.54, 1.807) is 24.7 Å². The summed E-state index contributed by atoms with van der Waals surface area (Å²) in [5.41, 5.74) is 1.18. The Kier molecular flexibility index (Phi) is 3.75. The molecule has 0 bridgehead atoms. The predicted molar refractivity (Wildman–Crippen MR) is 76.7 cm³/mol. The summed E-state index contributed by atoms with van der Waals surface area (Å²) >= 11 is 3.44. The first-order chi connectivity index (χ1) is 8.95. The first-order valence-electron chi connectivity index (χ1n) is 5.84. The lowest BCUT2D eigenvalue weighted by atomic mass is 10.1. The predicted octanol–water partition coefficient (Wildman–Crippen LogP) is 3.22. The summed E-state index contributed by atoms with van der Waals surface area (Å²) in [6.07, 6.45) is 3.59. The molecule has 0 amide bonds. The minimum absolute atomic E-state index is 0.323.